The molecule has 0 radical (unpaired) electrons. The van der Waals surface area contributed by atoms with Crippen molar-refractivity contribution in [2.45, 2.75) is 0 Å². The Bertz CT molecular complexity index is 2630. The number of para-hydroxylation sites is 2. The molecule has 0 N–H and O–H groups in total. The molecular formula is C44H24N2O2. The van der Waals surface area contributed by atoms with Crippen LogP contribution in [0.15, 0.2) is 154 Å². The fraction of sp³-hybridized carbons (Fsp3) is 0. The third kappa shape index (κ3) is 4.36. The quantitative estimate of drug-likeness (QED) is 0.198. The lowest BCUT2D eigenvalue weighted by molar-refractivity contribution is 0.668. The molecule has 0 atom stereocenters. The van der Waals surface area contributed by atoms with E-state index in [9.17, 15) is 10.5 Å². The predicted molar refractivity (Wildman–Crippen MR) is 192 cm³/mol. The molecule has 4 heteroatoms. The molecule has 0 amide bonds. The van der Waals surface area contributed by atoms with E-state index in [1.165, 1.54) is 0 Å². The van der Waals surface area contributed by atoms with Crippen LogP contribution in [0.3, 0.4) is 0 Å². The third-order valence-electron chi connectivity index (χ3n) is 9.14. The maximum Gasteiger partial charge on any atom is 0.135 e. The zero-order valence-electron chi connectivity index (χ0n) is 25.6. The highest BCUT2D eigenvalue weighted by atomic mass is 16.3. The molecule has 0 aliphatic rings. The second-order valence-electron chi connectivity index (χ2n) is 11.9. The Hall–Kier alpha value is -6.88. The lowest BCUT2D eigenvalue weighted by Gasteiger charge is -2.21. The molecule has 0 aliphatic heterocycles. The van der Waals surface area contributed by atoms with E-state index < -0.39 is 0 Å². The monoisotopic (exact) mass is 612 g/mol. The maximum atomic E-state index is 9.94. The van der Waals surface area contributed by atoms with Crippen molar-refractivity contribution in [2.75, 3.05) is 0 Å². The van der Waals surface area contributed by atoms with Crippen LogP contribution in [0.25, 0.3) is 88.4 Å². The van der Waals surface area contributed by atoms with Gasteiger partial charge in [0.15, 0.2) is 0 Å². The van der Waals surface area contributed by atoms with Crippen molar-refractivity contribution in [3.63, 3.8) is 0 Å². The predicted octanol–water partition coefficient (Wildman–Crippen LogP) is 11.9. The number of nitriles is 2. The van der Waals surface area contributed by atoms with Crippen LogP contribution in [0.1, 0.15) is 11.1 Å². The molecule has 2 aromatic heterocycles. The van der Waals surface area contributed by atoms with Gasteiger partial charge in [-0.15, -0.1) is 0 Å². The largest absolute Gasteiger partial charge is 0.456 e. The smallest absolute Gasteiger partial charge is 0.135 e. The Labute approximate surface area is 275 Å². The van der Waals surface area contributed by atoms with Gasteiger partial charge in [0.25, 0.3) is 0 Å². The van der Waals surface area contributed by atoms with E-state index in [2.05, 4.69) is 72.8 Å². The first-order valence-corrected chi connectivity index (χ1v) is 15.7. The molecule has 48 heavy (non-hydrogen) atoms. The molecule has 0 bridgehead atoms. The fourth-order valence-corrected chi connectivity index (χ4v) is 6.96. The molecule has 0 saturated heterocycles. The Balaban J connectivity index is 1.39. The molecule has 222 valence electrons. The van der Waals surface area contributed by atoms with Crippen molar-refractivity contribution in [3.8, 4) is 56.6 Å². The lowest BCUT2D eigenvalue weighted by Crippen LogP contribution is -1.95. The summed E-state index contributed by atoms with van der Waals surface area (Å²) in [5.41, 5.74) is 12.3. The Morgan fingerprint density at radius 2 is 0.792 bits per heavy atom. The molecule has 0 saturated carbocycles. The summed E-state index contributed by atoms with van der Waals surface area (Å²) >= 11 is 0. The van der Waals surface area contributed by atoms with Crippen molar-refractivity contribution in [3.05, 3.63) is 157 Å². The number of benzene rings is 7. The minimum absolute atomic E-state index is 0.572. The van der Waals surface area contributed by atoms with Crippen LogP contribution >= 0.6 is 0 Å². The van der Waals surface area contributed by atoms with E-state index >= 15 is 0 Å². The van der Waals surface area contributed by atoms with Crippen molar-refractivity contribution in [1.29, 1.82) is 10.5 Å². The second kappa shape index (κ2) is 10.9. The number of hydrogen-bond acceptors (Lipinski definition) is 4. The molecule has 2 heterocycles. The van der Waals surface area contributed by atoms with E-state index in [1.54, 1.807) is 0 Å². The summed E-state index contributed by atoms with van der Waals surface area (Å²) in [6.07, 6.45) is 0. The van der Waals surface area contributed by atoms with Crippen molar-refractivity contribution in [2.24, 2.45) is 0 Å². The third-order valence-corrected chi connectivity index (χ3v) is 9.14. The average Bonchev–Trinajstić information content (AvgIpc) is 3.72. The molecule has 9 aromatic rings. The lowest BCUT2D eigenvalue weighted by atomic mass is 9.82. The van der Waals surface area contributed by atoms with Gasteiger partial charge in [-0.25, -0.2) is 0 Å². The minimum Gasteiger partial charge on any atom is -0.456 e. The fourth-order valence-electron chi connectivity index (χ4n) is 6.96. The van der Waals surface area contributed by atoms with Crippen LogP contribution in [0.4, 0.5) is 0 Å². The van der Waals surface area contributed by atoms with Gasteiger partial charge >= 0.3 is 0 Å². The molecule has 0 aliphatic carbocycles. The average molecular weight is 613 g/mol. The minimum atomic E-state index is 0.572. The molecule has 0 fully saturated rings. The number of hydrogen-bond donors (Lipinski definition) is 0. The van der Waals surface area contributed by atoms with Gasteiger partial charge in [-0.2, -0.15) is 10.5 Å². The highest BCUT2D eigenvalue weighted by molar-refractivity contribution is 6.10. The first-order valence-electron chi connectivity index (χ1n) is 15.7. The van der Waals surface area contributed by atoms with Crippen LogP contribution in [0.5, 0.6) is 0 Å². The van der Waals surface area contributed by atoms with Gasteiger partial charge in [0.1, 0.15) is 22.3 Å². The van der Waals surface area contributed by atoms with Crippen LogP contribution in [-0.4, -0.2) is 0 Å². The topological polar surface area (TPSA) is 73.9 Å². The molecule has 4 nitrogen and oxygen atoms in total. The van der Waals surface area contributed by atoms with Crippen molar-refractivity contribution < 1.29 is 8.83 Å². The second-order valence-corrected chi connectivity index (χ2v) is 11.9. The maximum absolute atomic E-state index is 9.94. The molecular weight excluding hydrogens is 588 g/mol. The molecule has 7 aromatic carbocycles. The van der Waals surface area contributed by atoms with Crippen LogP contribution < -0.4 is 0 Å². The number of furan rings is 2. The molecule has 0 spiro atoms. The van der Waals surface area contributed by atoms with Crippen molar-refractivity contribution in [1.82, 2.24) is 0 Å². The summed E-state index contributed by atoms with van der Waals surface area (Å²) in [5, 5.41) is 24.1. The SMILES string of the molecule is N#Cc1cccc(-c2c(-c3ccc4oc5ccccc5c4c3)ccc(-c3ccc4oc5ccccc5c4c3)c2-c2cccc(C#N)c2)c1. The summed E-state index contributed by atoms with van der Waals surface area (Å²) in [4.78, 5) is 0. The summed E-state index contributed by atoms with van der Waals surface area (Å²) in [7, 11) is 0. The van der Waals surface area contributed by atoms with E-state index in [4.69, 9.17) is 8.83 Å². The molecule has 0 unspecified atom stereocenters. The summed E-state index contributed by atoms with van der Waals surface area (Å²) in [6.45, 7) is 0. The molecule has 9 rings (SSSR count). The van der Waals surface area contributed by atoms with Crippen LogP contribution in [-0.2, 0) is 0 Å². The van der Waals surface area contributed by atoms with E-state index in [1.807, 2.05) is 84.9 Å². The van der Waals surface area contributed by atoms with Gasteiger partial charge < -0.3 is 8.83 Å². The first-order chi connectivity index (χ1) is 23.7. The highest BCUT2D eigenvalue weighted by Gasteiger charge is 2.21. The summed E-state index contributed by atoms with van der Waals surface area (Å²) < 4.78 is 12.3. The standard InChI is InChI=1S/C44H24N2O2/c45-25-27-7-5-9-31(21-27)43-33(29-15-19-41-37(23-29)35-11-1-3-13-39(35)47-41)17-18-34(44(43)32-10-6-8-28(22-32)26-46)30-16-20-42-38(24-30)36-12-2-4-14-40(36)48-42/h1-24H. The van der Waals surface area contributed by atoms with Crippen molar-refractivity contribution >= 4 is 43.9 Å². The van der Waals surface area contributed by atoms with Gasteiger partial charge in [0, 0.05) is 21.5 Å². The van der Waals surface area contributed by atoms with Gasteiger partial charge in [-0.1, -0.05) is 84.9 Å². The summed E-state index contributed by atoms with van der Waals surface area (Å²) in [6, 6.07) is 53.3. The Morgan fingerprint density at radius 1 is 0.354 bits per heavy atom. The Kier molecular flexibility index (Phi) is 6.22. The zero-order valence-corrected chi connectivity index (χ0v) is 25.6. The van der Waals surface area contributed by atoms with Gasteiger partial charge in [0.2, 0.25) is 0 Å². The normalized spacial score (nSPS) is 11.3. The van der Waals surface area contributed by atoms with Gasteiger partial charge in [0.05, 0.1) is 23.3 Å². The van der Waals surface area contributed by atoms with E-state index in [-0.39, 0.29) is 0 Å². The first kappa shape index (κ1) is 27.4. The van der Waals surface area contributed by atoms with E-state index in [0.717, 1.165) is 88.4 Å². The summed E-state index contributed by atoms with van der Waals surface area (Å²) in [5.74, 6) is 0. The van der Waals surface area contributed by atoms with E-state index in [0.29, 0.717) is 11.1 Å². The van der Waals surface area contributed by atoms with Gasteiger partial charge in [-0.05, 0) is 105 Å². The number of rotatable bonds is 4. The van der Waals surface area contributed by atoms with Crippen LogP contribution in [0.2, 0.25) is 0 Å². The number of nitrogens with zero attached hydrogens (tertiary/aromatic N) is 2. The van der Waals surface area contributed by atoms with Crippen LogP contribution in [0, 0.1) is 22.7 Å². The zero-order chi connectivity index (χ0) is 32.2. The van der Waals surface area contributed by atoms with Gasteiger partial charge in [-0.3, -0.25) is 0 Å². The number of fused-ring (bicyclic) bond motifs is 6. The highest BCUT2D eigenvalue weighted by Crippen LogP contribution is 2.47. The Morgan fingerprint density at radius 3 is 1.25 bits per heavy atom.